The predicted molar refractivity (Wildman–Crippen MR) is 36.0 cm³/mol. The Hall–Kier alpha value is 0.392. The summed E-state index contributed by atoms with van der Waals surface area (Å²) in [6.45, 7) is 3.46. The van der Waals surface area contributed by atoms with Gasteiger partial charge in [-0.2, -0.15) is 0 Å². The van der Waals surface area contributed by atoms with E-state index in [1.54, 1.807) is 0 Å². The minimum Gasteiger partial charge on any atom is -0.772 e. The van der Waals surface area contributed by atoms with Crippen LogP contribution >= 0.6 is 17.4 Å². The van der Waals surface area contributed by atoms with E-state index < -0.39 is 17.4 Å². The number of rotatable bonds is 1. The van der Waals surface area contributed by atoms with Gasteiger partial charge in [0.1, 0.15) is 0 Å². The van der Waals surface area contributed by atoms with Gasteiger partial charge in [-0.05, 0) is 0 Å². The fraction of sp³-hybridized carbons (Fsp3) is 0.333. The molecule has 0 saturated heterocycles. The third-order valence-corrected chi connectivity index (χ3v) is 0.500. The van der Waals surface area contributed by atoms with Crippen LogP contribution in [0.1, 0.15) is 0 Å². The largest absolute Gasteiger partial charge is 0.772 e. The fourth-order valence-electron chi connectivity index (χ4n) is 0. The Kier molecular flexibility index (Phi) is 57.5. The summed E-state index contributed by atoms with van der Waals surface area (Å²) in [5.74, 6) is 0. The molecule has 0 unspecified atom stereocenters. The second kappa shape index (κ2) is 34.3. The summed E-state index contributed by atoms with van der Waals surface area (Å²) in [5, 5.41) is 1.00. The molecule has 7 heteroatoms. The maximum absolute atomic E-state index is 8.35. The average molecular weight is 194 g/mol. The van der Waals surface area contributed by atoms with E-state index >= 15 is 0 Å². The van der Waals surface area contributed by atoms with Crippen LogP contribution in [0.25, 0.3) is 0 Å². The molecule has 0 amide bonds. The third kappa shape index (κ3) is 237. The van der Waals surface area contributed by atoms with Crippen molar-refractivity contribution < 1.29 is 18.9 Å². The molecule has 0 N–H and O–H groups in total. The van der Waals surface area contributed by atoms with E-state index in [0.29, 0.717) is 0 Å². The van der Waals surface area contributed by atoms with Crippen molar-refractivity contribution in [2.75, 3.05) is 0 Å². The molecule has 0 radical (unpaired) electrons. The molecule has 0 aliphatic rings. The van der Waals surface area contributed by atoms with Gasteiger partial charge in [-0.1, -0.05) is 0 Å². The van der Waals surface area contributed by atoms with Crippen molar-refractivity contribution in [1.82, 2.24) is 0 Å². The zero-order valence-corrected chi connectivity index (χ0v) is 8.04. The number of hydrogen-bond acceptors (Lipinski definition) is 4. The van der Waals surface area contributed by atoms with E-state index in [1.807, 2.05) is 6.08 Å². The van der Waals surface area contributed by atoms with E-state index in [1.165, 1.54) is 0 Å². The molecule has 0 spiro atoms. The molecule has 0 saturated carbocycles. The van der Waals surface area contributed by atoms with Crippen LogP contribution in [0.2, 0.25) is 5.28 Å². The minimum absolute atomic E-state index is 1.00. The molecular formula is C3H5AlO4P2. The van der Waals surface area contributed by atoms with Crippen LogP contribution in [-0.4, -0.2) is 16.3 Å². The molecule has 10 heavy (non-hydrogen) atoms. The third-order valence-electron chi connectivity index (χ3n) is 0.167. The molecule has 0 bridgehead atoms. The molecule has 54 valence electrons. The van der Waals surface area contributed by atoms with Crippen molar-refractivity contribution >= 4 is 33.7 Å². The smallest absolute Gasteiger partial charge is 0.0642 e. The monoisotopic (exact) mass is 194 g/mol. The second-order valence-electron chi connectivity index (χ2n) is 0.673. The Morgan fingerprint density at radius 3 is 1.50 bits per heavy atom. The zero-order chi connectivity index (χ0) is 8.83. The Balaban J connectivity index is -0.0000000750. The van der Waals surface area contributed by atoms with Gasteiger partial charge in [-0.15, -0.1) is 0 Å². The number of allylic oxidation sites excluding steroid dienone is 1. The van der Waals surface area contributed by atoms with Crippen LogP contribution in [0.4, 0.5) is 0 Å². The topological polar surface area (TPSA) is 80.3 Å². The van der Waals surface area contributed by atoms with Gasteiger partial charge >= 0.3 is 34.2 Å². The van der Waals surface area contributed by atoms with Gasteiger partial charge in [0.25, 0.3) is 0 Å². The van der Waals surface area contributed by atoms with E-state index in [9.17, 15) is 0 Å². The van der Waals surface area contributed by atoms with Crippen molar-refractivity contribution in [3.05, 3.63) is 12.7 Å². The Morgan fingerprint density at radius 1 is 1.40 bits per heavy atom. The Labute approximate surface area is 71.0 Å². The molecule has 0 aromatic carbocycles. The summed E-state index contributed by atoms with van der Waals surface area (Å²) >= 11 is 2.54. The van der Waals surface area contributed by atoms with Gasteiger partial charge in [0.05, 0.1) is 17.4 Å². The SMILES string of the molecule is C=C[CH2][Al+2].O=P[O-].O=P[O-]. The van der Waals surface area contributed by atoms with Gasteiger partial charge < -0.3 is 9.79 Å². The summed E-state index contributed by atoms with van der Waals surface area (Å²) in [4.78, 5) is 16.7. The predicted octanol–water partition coefficient (Wildman–Crippen LogP) is -0.134. The molecule has 0 rings (SSSR count). The van der Waals surface area contributed by atoms with Crippen LogP contribution in [0, 0.1) is 0 Å². The van der Waals surface area contributed by atoms with Gasteiger partial charge in [0, 0.05) is 0 Å². The molecule has 0 atom stereocenters. The molecular weight excluding hydrogens is 189 g/mol. The molecule has 0 aromatic rings. The quantitative estimate of drug-likeness (QED) is 0.330. The first-order valence-corrected chi connectivity index (χ1v) is 4.23. The minimum atomic E-state index is -1.08. The molecule has 0 aromatic heterocycles. The van der Waals surface area contributed by atoms with Crippen molar-refractivity contribution in [2.24, 2.45) is 0 Å². The van der Waals surface area contributed by atoms with Crippen molar-refractivity contribution in [3.63, 3.8) is 0 Å². The first-order chi connectivity index (χ1) is 4.74. The molecule has 4 nitrogen and oxygen atoms in total. The summed E-state index contributed by atoms with van der Waals surface area (Å²) < 4.78 is 16.7. The summed E-state index contributed by atoms with van der Waals surface area (Å²) in [6, 6.07) is 0. The average Bonchev–Trinajstić information content (AvgIpc) is 1.91. The summed E-state index contributed by atoms with van der Waals surface area (Å²) in [5.41, 5.74) is 0. The first-order valence-electron chi connectivity index (χ1n) is 1.96. The fourth-order valence-corrected chi connectivity index (χ4v) is 0. The van der Waals surface area contributed by atoms with Gasteiger partial charge in [0.2, 0.25) is 0 Å². The van der Waals surface area contributed by atoms with Crippen molar-refractivity contribution in [2.45, 2.75) is 5.28 Å². The summed E-state index contributed by atoms with van der Waals surface area (Å²) in [6.07, 6.45) is 1.84. The van der Waals surface area contributed by atoms with Crippen molar-refractivity contribution in [1.29, 1.82) is 0 Å². The molecule has 0 fully saturated rings. The van der Waals surface area contributed by atoms with E-state index in [4.69, 9.17) is 18.9 Å². The second-order valence-corrected chi connectivity index (χ2v) is 1.44. The molecule has 0 aliphatic heterocycles. The van der Waals surface area contributed by atoms with Gasteiger partial charge in [0.15, 0.2) is 0 Å². The standard InChI is InChI=1S/C3H5.Al.2HO2P/c1-3-2;;2*1-3-2/h3H,1-2H2;;2*(H,1,2)/q;+2;;/p-2. The maximum Gasteiger partial charge on any atom is 0.0642 e. The van der Waals surface area contributed by atoms with E-state index in [0.717, 1.165) is 5.28 Å². The van der Waals surface area contributed by atoms with E-state index in [-0.39, 0.29) is 0 Å². The molecule has 0 aliphatic carbocycles. The van der Waals surface area contributed by atoms with Crippen LogP contribution in [0.5, 0.6) is 0 Å². The van der Waals surface area contributed by atoms with Crippen LogP contribution in [0.15, 0.2) is 12.7 Å². The normalized spacial score (nSPS) is 6.80. The van der Waals surface area contributed by atoms with Gasteiger partial charge in [-0.3, -0.25) is 9.13 Å². The first kappa shape index (κ1) is 16.8. The van der Waals surface area contributed by atoms with E-state index in [2.05, 4.69) is 22.9 Å². The van der Waals surface area contributed by atoms with Gasteiger partial charge in [-0.25, -0.2) is 0 Å². The Morgan fingerprint density at radius 2 is 1.50 bits per heavy atom. The van der Waals surface area contributed by atoms with Crippen LogP contribution in [0.3, 0.4) is 0 Å². The molecule has 0 heterocycles. The maximum atomic E-state index is 8.35. The zero-order valence-electron chi connectivity index (χ0n) is 5.10. The van der Waals surface area contributed by atoms with Crippen molar-refractivity contribution in [3.8, 4) is 0 Å². The van der Waals surface area contributed by atoms with Crippen LogP contribution < -0.4 is 9.79 Å². The summed E-state index contributed by atoms with van der Waals surface area (Å²) in [7, 11) is -2.17. The number of hydrogen-bond donors (Lipinski definition) is 0. The Bertz CT molecular complexity index is 72.9. The van der Waals surface area contributed by atoms with Crippen LogP contribution in [-0.2, 0) is 9.13 Å².